The molecule has 3 N–H and O–H groups in total. The minimum absolute atomic E-state index is 0.0163. The van der Waals surface area contributed by atoms with Crippen LogP contribution in [0.5, 0.6) is 11.5 Å². The summed E-state index contributed by atoms with van der Waals surface area (Å²) in [5, 5.41) is 40.7. The number of aliphatic hydroxyl groups is 1. The number of Topliss-reactive ketones (excluding diaryl/α,β-unsaturated/α-hetero) is 1. The number of non-ortho nitro benzene ring substituents is 1. The van der Waals surface area contributed by atoms with Crippen molar-refractivity contribution in [3.8, 4) is 11.5 Å². The second-order valence-electron chi connectivity index (χ2n) is 7.93. The van der Waals surface area contributed by atoms with E-state index in [1.54, 1.807) is 0 Å². The Kier molecular flexibility index (Phi) is 7.69. The van der Waals surface area contributed by atoms with Gasteiger partial charge in [-0.25, -0.2) is 0 Å². The van der Waals surface area contributed by atoms with Crippen molar-refractivity contribution in [3.63, 3.8) is 0 Å². The summed E-state index contributed by atoms with van der Waals surface area (Å²) in [4.78, 5) is 48.3. The third-order valence-corrected chi connectivity index (χ3v) is 5.70. The van der Waals surface area contributed by atoms with E-state index < -0.39 is 34.4 Å². The molecular formula is C24H24N2O9. The van der Waals surface area contributed by atoms with Gasteiger partial charge in [0.2, 0.25) is 0 Å². The Hall–Kier alpha value is -4.41. The number of phenolic OH excluding ortho intramolecular Hbond substituents is 1. The van der Waals surface area contributed by atoms with Crippen LogP contribution >= 0.6 is 0 Å². The molecule has 3 rings (SSSR count). The lowest BCUT2D eigenvalue weighted by molar-refractivity contribution is -0.384. The number of rotatable bonds is 10. The van der Waals surface area contributed by atoms with Crippen molar-refractivity contribution >= 4 is 29.1 Å². The number of benzene rings is 2. The molecule has 0 radical (unpaired) electrons. The molecule has 1 aliphatic rings. The predicted octanol–water partition coefficient (Wildman–Crippen LogP) is 3.38. The number of unbranched alkanes of at least 4 members (excludes halogenated alkanes) is 2. The number of nitro benzene ring substituents is 1. The maximum Gasteiger partial charge on any atom is 0.303 e. The molecule has 11 nitrogen and oxygen atoms in total. The van der Waals surface area contributed by atoms with Crippen LogP contribution < -0.4 is 4.74 Å². The summed E-state index contributed by atoms with van der Waals surface area (Å²) in [5.74, 6) is -3.25. The Labute approximate surface area is 200 Å². The van der Waals surface area contributed by atoms with Gasteiger partial charge in [0.25, 0.3) is 17.4 Å². The fourth-order valence-corrected chi connectivity index (χ4v) is 3.95. The first kappa shape index (κ1) is 25.2. The number of nitrogens with zero attached hydrogens (tertiary/aromatic N) is 2. The average Bonchev–Trinajstić information content (AvgIpc) is 3.08. The van der Waals surface area contributed by atoms with Crippen LogP contribution in [0.1, 0.15) is 42.9 Å². The first-order valence-corrected chi connectivity index (χ1v) is 10.8. The summed E-state index contributed by atoms with van der Waals surface area (Å²) in [5.41, 5.74) is 0.101. The molecule has 1 aliphatic heterocycles. The monoisotopic (exact) mass is 484 g/mol. The number of carbonyl (C=O) groups is 3. The van der Waals surface area contributed by atoms with Gasteiger partial charge in [-0.3, -0.25) is 24.5 Å². The van der Waals surface area contributed by atoms with Crippen molar-refractivity contribution in [2.24, 2.45) is 0 Å². The number of amides is 1. The van der Waals surface area contributed by atoms with Crippen LogP contribution in [0.15, 0.2) is 48.0 Å². The Balaban J connectivity index is 2.04. The van der Waals surface area contributed by atoms with Gasteiger partial charge in [0.1, 0.15) is 5.76 Å². The van der Waals surface area contributed by atoms with E-state index in [2.05, 4.69) is 0 Å². The molecule has 11 heteroatoms. The lowest BCUT2D eigenvalue weighted by atomic mass is 9.94. The fraction of sp³-hybridized carbons (Fsp3) is 0.292. The van der Waals surface area contributed by atoms with Gasteiger partial charge in [-0.15, -0.1) is 0 Å². The highest BCUT2D eigenvalue weighted by molar-refractivity contribution is 6.46. The lowest BCUT2D eigenvalue weighted by Gasteiger charge is -2.25. The normalized spacial score (nSPS) is 16.9. The summed E-state index contributed by atoms with van der Waals surface area (Å²) < 4.78 is 5.15. The second kappa shape index (κ2) is 10.7. The van der Waals surface area contributed by atoms with Crippen LogP contribution in [0, 0.1) is 10.1 Å². The van der Waals surface area contributed by atoms with Gasteiger partial charge >= 0.3 is 5.97 Å². The van der Waals surface area contributed by atoms with E-state index >= 15 is 0 Å². The number of phenols is 1. The van der Waals surface area contributed by atoms with Crippen LogP contribution in [0.25, 0.3) is 5.76 Å². The number of ketones is 1. The minimum atomic E-state index is -1.01. The summed E-state index contributed by atoms with van der Waals surface area (Å²) in [6.45, 7) is 0.120. The molecule has 184 valence electrons. The molecule has 0 bridgehead atoms. The third kappa shape index (κ3) is 5.40. The van der Waals surface area contributed by atoms with Gasteiger partial charge in [0.05, 0.1) is 23.6 Å². The Bertz CT molecular complexity index is 1190. The number of ether oxygens (including phenoxy) is 1. The Morgan fingerprint density at radius 3 is 2.37 bits per heavy atom. The first-order chi connectivity index (χ1) is 16.6. The molecule has 1 saturated heterocycles. The van der Waals surface area contributed by atoms with Crippen LogP contribution in [-0.2, 0) is 14.4 Å². The highest BCUT2D eigenvalue weighted by Crippen LogP contribution is 2.42. The number of hydrogen-bond acceptors (Lipinski definition) is 8. The molecule has 0 saturated carbocycles. The smallest absolute Gasteiger partial charge is 0.303 e. The lowest BCUT2D eigenvalue weighted by Crippen LogP contribution is -2.30. The van der Waals surface area contributed by atoms with Crippen LogP contribution in [0.2, 0.25) is 0 Å². The molecule has 0 aromatic heterocycles. The van der Waals surface area contributed by atoms with E-state index in [1.165, 1.54) is 54.5 Å². The van der Waals surface area contributed by atoms with Gasteiger partial charge < -0.3 is 25.0 Å². The number of likely N-dealkylation sites (tertiary alicyclic amines) is 1. The number of methoxy groups -OCH3 is 1. The van der Waals surface area contributed by atoms with Crippen LogP contribution in [-0.4, -0.2) is 56.5 Å². The second-order valence-corrected chi connectivity index (χ2v) is 7.93. The number of carbonyl (C=O) groups excluding carboxylic acids is 2. The van der Waals surface area contributed by atoms with E-state index in [0.29, 0.717) is 24.8 Å². The number of carboxylic acid groups (broad SMARTS) is 1. The molecule has 1 fully saturated rings. The standard InChI is InChI=1S/C24H24N2O9/c1-35-18-13-15(8-11-17(18)27)21-20(22(30)14-6-9-16(10-7-14)26(33)34)23(31)24(32)25(21)12-4-2-3-5-19(28)29/h6-11,13,21,27,30H,2-5,12H2,1H3,(H,28,29)/b22-20-. The Morgan fingerprint density at radius 1 is 1.09 bits per heavy atom. The number of hydrogen-bond donors (Lipinski definition) is 3. The van der Waals surface area contributed by atoms with Crippen molar-refractivity contribution in [2.75, 3.05) is 13.7 Å². The molecule has 1 heterocycles. The SMILES string of the molecule is COc1cc(C2/C(=C(/O)c3ccc([N+](=O)[O-])cc3)C(=O)C(=O)N2CCCCCC(=O)O)ccc1O. The third-order valence-electron chi connectivity index (χ3n) is 5.70. The zero-order valence-electron chi connectivity index (χ0n) is 18.8. The van der Waals surface area contributed by atoms with Crippen molar-refractivity contribution in [1.29, 1.82) is 0 Å². The number of aromatic hydroxyl groups is 1. The quantitative estimate of drug-likeness (QED) is 0.114. The van der Waals surface area contributed by atoms with Crippen LogP contribution in [0.4, 0.5) is 5.69 Å². The molecule has 2 aromatic rings. The van der Waals surface area contributed by atoms with Gasteiger partial charge in [0.15, 0.2) is 11.5 Å². The topological polar surface area (TPSA) is 168 Å². The fourth-order valence-electron chi connectivity index (χ4n) is 3.95. The van der Waals surface area contributed by atoms with Crippen molar-refractivity contribution in [2.45, 2.75) is 31.7 Å². The first-order valence-electron chi connectivity index (χ1n) is 10.8. The summed E-state index contributed by atoms with van der Waals surface area (Å²) in [6, 6.07) is 8.18. The summed E-state index contributed by atoms with van der Waals surface area (Å²) in [7, 11) is 1.34. The largest absolute Gasteiger partial charge is 0.507 e. The zero-order valence-corrected chi connectivity index (χ0v) is 18.8. The van der Waals surface area contributed by atoms with Gasteiger partial charge in [-0.05, 0) is 42.7 Å². The molecule has 0 aliphatic carbocycles. The number of nitro groups is 1. The summed E-state index contributed by atoms with van der Waals surface area (Å²) >= 11 is 0. The summed E-state index contributed by atoms with van der Waals surface area (Å²) in [6.07, 6.45) is 1.31. The maximum absolute atomic E-state index is 13.0. The molecule has 2 aromatic carbocycles. The van der Waals surface area contributed by atoms with Crippen LogP contribution in [0.3, 0.4) is 0 Å². The number of aliphatic carboxylic acids is 1. The zero-order chi connectivity index (χ0) is 25.7. The maximum atomic E-state index is 13.0. The van der Waals surface area contributed by atoms with Gasteiger partial charge in [-0.1, -0.05) is 12.5 Å². The van der Waals surface area contributed by atoms with Gasteiger partial charge in [-0.2, -0.15) is 0 Å². The average molecular weight is 484 g/mol. The van der Waals surface area contributed by atoms with E-state index in [1.807, 2.05) is 0 Å². The molecule has 1 unspecified atom stereocenters. The molecule has 35 heavy (non-hydrogen) atoms. The molecular weight excluding hydrogens is 460 g/mol. The number of carboxylic acids is 1. The molecule has 0 spiro atoms. The van der Waals surface area contributed by atoms with E-state index in [4.69, 9.17) is 9.84 Å². The van der Waals surface area contributed by atoms with E-state index in [0.717, 1.165) is 0 Å². The predicted molar refractivity (Wildman–Crippen MR) is 123 cm³/mol. The van der Waals surface area contributed by atoms with E-state index in [-0.39, 0.29) is 41.3 Å². The number of aliphatic hydroxyl groups excluding tert-OH is 1. The van der Waals surface area contributed by atoms with Crippen molar-refractivity contribution in [1.82, 2.24) is 4.90 Å². The Morgan fingerprint density at radius 2 is 1.77 bits per heavy atom. The van der Waals surface area contributed by atoms with Gasteiger partial charge in [0, 0.05) is 30.7 Å². The van der Waals surface area contributed by atoms with Crippen molar-refractivity contribution < 1.29 is 39.4 Å². The highest BCUT2D eigenvalue weighted by atomic mass is 16.6. The minimum Gasteiger partial charge on any atom is -0.507 e. The van der Waals surface area contributed by atoms with E-state index in [9.17, 15) is 34.7 Å². The highest BCUT2D eigenvalue weighted by Gasteiger charge is 2.46. The molecule has 1 amide bonds. The molecule has 1 atom stereocenters. The van der Waals surface area contributed by atoms with Crippen molar-refractivity contribution in [3.05, 3.63) is 69.3 Å².